The Morgan fingerprint density at radius 1 is 1.46 bits per heavy atom. The summed E-state index contributed by atoms with van der Waals surface area (Å²) in [5, 5.41) is 0. The van der Waals surface area contributed by atoms with Gasteiger partial charge in [0.1, 0.15) is 0 Å². The average molecular weight is 178 g/mol. The van der Waals surface area contributed by atoms with E-state index in [2.05, 4.69) is 13.2 Å². The Balaban J connectivity index is 3.69. The molecule has 0 aromatic rings. The van der Waals surface area contributed by atoms with Crippen LogP contribution in [-0.2, 0) is 4.74 Å². The molecule has 0 aliphatic rings. The highest BCUT2D eigenvalue weighted by Crippen LogP contribution is 2.01. The van der Waals surface area contributed by atoms with Gasteiger partial charge in [-0.15, -0.1) is 0 Å². The number of hydrogen-bond donors (Lipinski definition) is 0. The second-order valence-electron chi connectivity index (χ2n) is 2.83. The molecule has 0 saturated carbocycles. The largest absolute Gasteiger partial charge is 0.373 e. The van der Waals surface area contributed by atoms with Crippen LogP contribution in [0.2, 0.25) is 0 Å². The van der Waals surface area contributed by atoms with E-state index in [4.69, 9.17) is 4.74 Å². The van der Waals surface area contributed by atoms with Gasteiger partial charge < -0.3 is 4.74 Å². The number of hydrogen-bond acceptors (Lipinski definition) is 1. The summed E-state index contributed by atoms with van der Waals surface area (Å²) in [4.78, 5) is 0. The van der Waals surface area contributed by atoms with Gasteiger partial charge in [0, 0.05) is 0 Å². The highest BCUT2D eigenvalue weighted by molar-refractivity contribution is 5.25. The first-order chi connectivity index (χ1) is 6.20. The molecule has 0 radical (unpaired) electrons. The van der Waals surface area contributed by atoms with Gasteiger partial charge in [0.05, 0.1) is 13.2 Å². The minimum absolute atomic E-state index is 0.579. The van der Waals surface area contributed by atoms with Crippen molar-refractivity contribution in [3.05, 3.63) is 48.6 Å². The van der Waals surface area contributed by atoms with Gasteiger partial charge in [-0.05, 0) is 19.4 Å². The van der Waals surface area contributed by atoms with Crippen molar-refractivity contribution in [2.45, 2.75) is 13.8 Å². The molecule has 0 saturated heterocycles. The predicted molar refractivity (Wildman–Crippen MR) is 58.7 cm³/mol. The molecule has 1 heteroatoms. The molecular formula is C12H18O. The van der Waals surface area contributed by atoms with Gasteiger partial charge >= 0.3 is 0 Å². The lowest BCUT2D eigenvalue weighted by Gasteiger charge is -2.01. The summed E-state index contributed by atoms with van der Waals surface area (Å²) < 4.78 is 5.32. The van der Waals surface area contributed by atoms with Crippen molar-refractivity contribution < 1.29 is 4.74 Å². The van der Waals surface area contributed by atoms with Gasteiger partial charge in [-0.3, -0.25) is 0 Å². The fourth-order valence-corrected chi connectivity index (χ4v) is 0.777. The van der Waals surface area contributed by atoms with Crippen molar-refractivity contribution >= 4 is 0 Å². The predicted octanol–water partition coefficient (Wildman–Crippen LogP) is 3.27. The van der Waals surface area contributed by atoms with Gasteiger partial charge in [0.15, 0.2) is 0 Å². The molecular weight excluding hydrogens is 160 g/mol. The van der Waals surface area contributed by atoms with Crippen molar-refractivity contribution in [3.8, 4) is 0 Å². The van der Waals surface area contributed by atoms with E-state index in [1.165, 1.54) is 0 Å². The van der Waals surface area contributed by atoms with Crippen LogP contribution in [0.25, 0.3) is 0 Å². The van der Waals surface area contributed by atoms with E-state index in [1.54, 1.807) is 6.08 Å². The Morgan fingerprint density at radius 2 is 2.15 bits per heavy atom. The van der Waals surface area contributed by atoms with E-state index in [0.717, 1.165) is 11.1 Å². The Morgan fingerprint density at radius 3 is 2.69 bits per heavy atom. The molecule has 0 bridgehead atoms. The van der Waals surface area contributed by atoms with Crippen LogP contribution in [0.3, 0.4) is 0 Å². The van der Waals surface area contributed by atoms with Crippen LogP contribution >= 0.6 is 0 Å². The summed E-state index contributed by atoms with van der Waals surface area (Å²) >= 11 is 0. The quantitative estimate of drug-likeness (QED) is 0.344. The first-order valence-electron chi connectivity index (χ1n) is 4.38. The summed E-state index contributed by atoms with van der Waals surface area (Å²) in [5.41, 5.74) is 2.08. The molecule has 72 valence electrons. The average Bonchev–Trinajstić information content (AvgIpc) is 2.12. The van der Waals surface area contributed by atoms with Crippen molar-refractivity contribution in [1.82, 2.24) is 0 Å². The lowest BCUT2D eigenvalue weighted by atomic mass is 10.2. The van der Waals surface area contributed by atoms with E-state index in [0.29, 0.717) is 13.2 Å². The van der Waals surface area contributed by atoms with E-state index in [9.17, 15) is 0 Å². The molecule has 0 heterocycles. The summed E-state index contributed by atoms with van der Waals surface area (Å²) in [6.45, 7) is 12.7. The van der Waals surface area contributed by atoms with E-state index in [-0.39, 0.29) is 0 Å². The zero-order valence-corrected chi connectivity index (χ0v) is 8.55. The zero-order valence-electron chi connectivity index (χ0n) is 8.55. The third-order valence-electron chi connectivity index (χ3n) is 1.49. The third-order valence-corrected chi connectivity index (χ3v) is 1.49. The maximum absolute atomic E-state index is 5.32. The van der Waals surface area contributed by atoms with Crippen molar-refractivity contribution in [3.63, 3.8) is 0 Å². The molecule has 0 amide bonds. The van der Waals surface area contributed by atoms with Gasteiger partial charge in [0.2, 0.25) is 0 Å². The highest BCUT2D eigenvalue weighted by atomic mass is 16.5. The molecule has 13 heavy (non-hydrogen) atoms. The standard InChI is InChI=1S/C12H18O/c1-5-7-8-13-10-12(4)9-11(3)6-2/h5-7,9H,2,4,8,10H2,1,3H3/b7-5-,11-9-. The number of allylic oxidation sites excluding steroid dienone is 3. The number of rotatable bonds is 6. The van der Waals surface area contributed by atoms with Crippen molar-refractivity contribution in [1.29, 1.82) is 0 Å². The summed E-state index contributed by atoms with van der Waals surface area (Å²) in [6.07, 6.45) is 7.71. The fraction of sp³-hybridized carbons (Fsp3) is 0.333. The summed E-state index contributed by atoms with van der Waals surface area (Å²) in [5.74, 6) is 0. The zero-order chi connectivity index (χ0) is 10.1. The Labute approximate surface area is 81.1 Å². The smallest absolute Gasteiger partial charge is 0.0715 e. The van der Waals surface area contributed by atoms with E-state index in [1.807, 2.05) is 32.1 Å². The summed E-state index contributed by atoms with van der Waals surface area (Å²) in [6, 6.07) is 0. The van der Waals surface area contributed by atoms with Crippen LogP contribution in [0, 0.1) is 0 Å². The maximum Gasteiger partial charge on any atom is 0.0715 e. The van der Waals surface area contributed by atoms with Gasteiger partial charge in [-0.2, -0.15) is 0 Å². The van der Waals surface area contributed by atoms with Gasteiger partial charge in [-0.25, -0.2) is 0 Å². The lowest BCUT2D eigenvalue weighted by Crippen LogP contribution is -1.95. The van der Waals surface area contributed by atoms with Crippen LogP contribution in [0.15, 0.2) is 48.6 Å². The molecule has 1 nitrogen and oxygen atoms in total. The molecule has 0 unspecified atom stereocenters. The monoisotopic (exact) mass is 178 g/mol. The Hall–Kier alpha value is -1.08. The van der Waals surface area contributed by atoms with Gasteiger partial charge in [0.25, 0.3) is 0 Å². The molecule has 0 aromatic carbocycles. The molecule has 0 fully saturated rings. The normalized spacial score (nSPS) is 12.0. The van der Waals surface area contributed by atoms with Crippen LogP contribution < -0.4 is 0 Å². The second-order valence-corrected chi connectivity index (χ2v) is 2.83. The molecule has 0 aliphatic heterocycles. The van der Waals surface area contributed by atoms with Crippen LogP contribution in [0.4, 0.5) is 0 Å². The highest BCUT2D eigenvalue weighted by Gasteiger charge is 1.89. The summed E-state index contributed by atoms with van der Waals surface area (Å²) in [7, 11) is 0. The molecule has 0 aliphatic carbocycles. The van der Waals surface area contributed by atoms with E-state index < -0.39 is 0 Å². The Bertz CT molecular complexity index is 221. The topological polar surface area (TPSA) is 9.23 Å². The molecule has 0 N–H and O–H groups in total. The minimum atomic E-state index is 0.579. The van der Waals surface area contributed by atoms with Gasteiger partial charge in [-0.1, -0.05) is 43.0 Å². The van der Waals surface area contributed by atoms with Crippen LogP contribution in [0.5, 0.6) is 0 Å². The maximum atomic E-state index is 5.32. The molecule has 0 rings (SSSR count). The first kappa shape index (κ1) is 11.9. The lowest BCUT2D eigenvalue weighted by molar-refractivity contribution is 0.189. The number of ether oxygens (including phenoxy) is 1. The fourth-order valence-electron chi connectivity index (χ4n) is 0.777. The van der Waals surface area contributed by atoms with Crippen LogP contribution in [0.1, 0.15) is 13.8 Å². The SMILES string of the molecule is C=C/C(C)=C\C(=C)COC/C=C\C. The van der Waals surface area contributed by atoms with Crippen molar-refractivity contribution in [2.75, 3.05) is 13.2 Å². The molecule has 0 atom stereocenters. The van der Waals surface area contributed by atoms with Crippen molar-refractivity contribution in [2.24, 2.45) is 0 Å². The first-order valence-corrected chi connectivity index (χ1v) is 4.38. The molecule has 0 aromatic heterocycles. The third kappa shape index (κ3) is 7.29. The van der Waals surface area contributed by atoms with Crippen LogP contribution in [-0.4, -0.2) is 13.2 Å². The van der Waals surface area contributed by atoms with E-state index >= 15 is 0 Å². The minimum Gasteiger partial charge on any atom is -0.373 e. The molecule has 0 spiro atoms. The second kappa shape index (κ2) is 7.56. The Kier molecular flexibility index (Phi) is 6.93.